The normalized spacial score (nSPS) is 36.2. The van der Waals surface area contributed by atoms with Crippen LogP contribution in [-0.2, 0) is 9.53 Å². The lowest BCUT2D eigenvalue weighted by atomic mass is 10.00. The second-order valence-electron chi connectivity index (χ2n) is 5.07. The van der Waals surface area contributed by atoms with Crippen LogP contribution < -0.4 is 0 Å². The molecule has 0 radical (unpaired) electrons. The Labute approximate surface area is 131 Å². The molecular weight excluding hydrogens is 320 g/mol. The summed E-state index contributed by atoms with van der Waals surface area (Å²) < 4.78 is 4.58. The van der Waals surface area contributed by atoms with Gasteiger partial charge in [-0.25, -0.2) is 0 Å². The van der Waals surface area contributed by atoms with Gasteiger partial charge >= 0.3 is 0 Å². The van der Waals surface area contributed by atoms with Crippen LogP contribution in [0.5, 0.6) is 0 Å². The first-order chi connectivity index (χ1) is 10.6. The van der Waals surface area contributed by atoms with E-state index in [0.29, 0.717) is 0 Å². The van der Waals surface area contributed by atoms with E-state index < -0.39 is 61.7 Å². The molecule has 0 saturated carbocycles. The molecule has 0 aromatic heterocycles. The van der Waals surface area contributed by atoms with Gasteiger partial charge in [0.1, 0.15) is 42.7 Å². The van der Waals surface area contributed by atoms with Crippen molar-refractivity contribution >= 4 is 6.29 Å². The second-order valence-corrected chi connectivity index (χ2v) is 5.07. The molecule has 11 heteroatoms. The van der Waals surface area contributed by atoms with E-state index in [9.17, 15) is 4.79 Å². The Hall–Kier alpha value is -0.730. The van der Waals surface area contributed by atoms with Crippen LogP contribution in [0.2, 0.25) is 0 Å². The minimum Gasteiger partial charge on any atom is -0.394 e. The van der Waals surface area contributed by atoms with Crippen LogP contribution in [0.3, 0.4) is 0 Å². The molecule has 1 rings (SSSR count). The average molecular weight is 344 g/mol. The highest BCUT2D eigenvalue weighted by Gasteiger charge is 2.42. The molecule has 1 aliphatic rings. The van der Waals surface area contributed by atoms with Crippen molar-refractivity contribution < 1.29 is 55.5 Å². The van der Waals surface area contributed by atoms with Crippen molar-refractivity contribution in [1.82, 2.24) is 0 Å². The molecule has 1 aliphatic heterocycles. The van der Waals surface area contributed by atoms with Gasteiger partial charge in [-0.2, -0.15) is 0 Å². The number of aldehydes is 1. The number of aliphatic hydroxyl groups is 9. The van der Waals surface area contributed by atoms with Gasteiger partial charge in [0, 0.05) is 0 Å². The van der Waals surface area contributed by atoms with E-state index in [1.165, 1.54) is 6.92 Å². The quantitative estimate of drug-likeness (QED) is 0.215. The van der Waals surface area contributed by atoms with Gasteiger partial charge in [-0.05, 0) is 6.92 Å². The fourth-order valence-electron chi connectivity index (χ4n) is 1.65. The van der Waals surface area contributed by atoms with Crippen molar-refractivity contribution in [2.24, 2.45) is 0 Å². The Balaban J connectivity index is 0.000000423. The monoisotopic (exact) mass is 344 g/mol. The summed E-state index contributed by atoms with van der Waals surface area (Å²) in [5.74, 6) is 0. The van der Waals surface area contributed by atoms with Crippen molar-refractivity contribution in [1.29, 1.82) is 0 Å². The van der Waals surface area contributed by atoms with Gasteiger partial charge in [0.2, 0.25) is 0 Å². The fourth-order valence-corrected chi connectivity index (χ4v) is 1.65. The molecule has 0 spiro atoms. The van der Waals surface area contributed by atoms with Gasteiger partial charge in [-0.3, -0.25) is 0 Å². The number of carbonyl (C=O) groups excluding carboxylic acids is 1. The first-order valence-corrected chi connectivity index (χ1v) is 6.74. The minimum absolute atomic E-state index is 0.0935. The number of rotatable bonds is 5. The minimum atomic E-state index is -1.65. The number of hydrogen-bond donors (Lipinski definition) is 9. The zero-order valence-corrected chi connectivity index (χ0v) is 12.3. The topological polar surface area (TPSA) is 208 Å². The van der Waals surface area contributed by atoms with Crippen LogP contribution in [0.1, 0.15) is 6.92 Å². The Morgan fingerprint density at radius 2 is 1.48 bits per heavy atom. The molecule has 138 valence electrons. The summed E-state index contributed by atoms with van der Waals surface area (Å²) in [6.45, 7) is 0.716. The molecule has 0 aliphatic carbocycles. The first kappa shape index (κ1) is 22.3. The lowest BCUT2D eigenvalue weighted by molar-refractivity contribution is -0.286. The molecule has 0 bridgehead atoms. The van der Waals surface area contributed by atoms with Crippen LogP contribution >= 0.6 is 0 Å². The van der Waals surface area contributed by atoms with Crippen LogP contribution in [0.25, 0.3) is 0 Å². The van der Waals surface area contributed by atoms with Crippen molar-refractivity contribution in [3.63, 3.8) is 0 Å². The molecule has 23 heavy (non-hydrogen) atoms. The lowest BCUT2D eigenvalue weighted by Gasteiger charge is -2.37. The summed E-state index contributed by atoms with van der Waals surface area (Å²) in [5, 5.41) is 79.8. The predicted octanol–water partition coefficient (Wildman–Crippen LogP) is -5.57. The Morgan fingerprint density at radius 3 is 1.87 bits per heavy atom. The molecule has 1 saturated heterocycles. The SMILES string of the molecule is C[C@H](O)[C@H](O)[C@@H](O)[C@@H](O)C=O.OC[C@H]1O[C@H](O)[C@H](O)[C@@H](O)[C@@H]1O. The van der Waals surface area contributed by atoms with Crippen molar-refractivity contribution in [2.45, 2.75) is 62.0 Å². The van der Waals surface area contributed by atoms with Gasteiger partial charge in [0.05, 0.1) is 12.7 Å². The molecule has 9 N–H and O–H groups in total. The van der Waals surface area contributed by atoms with Crippen LogP contribution in [0, 0.1) is 0 Å². The third-order valence-corrected chi connectivity index (χ3v) is 3.20. The van der Waals surface area contributed by atoms with E-state index in [1.54, 1.807) is 0 Å². The summed E-state index contributed by atoms with van der Waals surface area (Å²) in [6.07, 6.45) is -12.9. The van der Waals surface area contributed by atoms with E-state index in [-0.39, 0.29) is 6.29 Å². The number of ether oxygens (including phenoxy) is 1. The zero-order chi connectivity index (χ0) is 18.3. The van der Waals surface area contributed by atoms with E-state index in [0.717, 1.165) is 0 Å². The van der Waals surface area contributed by atoms with E-state index >= 15 is 0 Å². The average Bonchev–Trinajstić information content (AvgIpc) is 2.54. The van der Waals surface area contributed by atoms with E-state index in [2.05, 4.69) is 4.74 Å². The molecule has 1 fully saturated rings. The predicted molar refractivity (Wildman–Crippen MR) is 71.8 cm³/mol. The first-order valence-electron chi connectivity index (χ1n) is 6.74. The molecule has 0 amide bonds. The van der Waals surface area contributed by atoms with Crippen molar-refractivity contribution in [3.05, 3.63) is 0 Å². The number of hydrogen-bond acceptors (Lipinski definition) is 11. The van der Waals surface area contributed by atoms with E-state index in [1.807, 2.05) is 0 Å². The molecular formula is C12H24O11. The van der Waals surface area contributed by atoms with Crippen molar-refractivity contribution in [2.75, 3.05) is 6.61 Å². The van der Waals surface area contributed by atoms with Gasteiger partial charge < -0.3 is 55.5 Å². The summed E-state index contributed by atoms with van der Waals surface area (Å²) in [7, 11) is 0. The third kappa shape index (κ3) is 6.35. The highest BCUT2D eigenvalue weighted by atomic mass is 16.6. The maximum atomic E-state index is 9.87. The van der Waals surface area contributed by atoms with Crippen molar-refractivity contribution in [3.8, 4) is 0 Å². The lowest BCUT2D eigenvalue weighted by Crippen LogP contribution is -2.58. The van der Waals surface area contributed by atoms with Crippen LogP contribution in [-0.4, -0.2) is 114 Å². The smallest absolute Gasteiger partial charge is 0.184 e. The molecule has 9 atom stereocenters. The maximum Gasteiger partial charge on any atom is 0.184 e. The molecule has 11 nitrogen and oxygen atoms in total. The Bertz CT molecular complexity index is 334. The third-order valence-electron chi connectivity index (χ3n) is 3.20. The van der Waals surface area contributed by atoms with Crippen LogP contribution in [0.15, 0.2) is 0 Å². The summed E-state index contributed by atoms with van der Waals surface area (Å²) in [5.41, 5.74) is 0. The van der Waals surface area contributed by atoms with Gasteiger partial charge in [-0.15, -0.1) is 0 Å². The molecule has 1 heterocycles. The summed E-state index contributed by atoms with van der Waals surface area (Å²) in [4.78, 5) is 9.87. The van der Waals surface area contributed by atoms with Gasteiger partial charge in [0.25, 0.3) is 0 Å². The highest BCUT2D eigenvalue weighted by molar-refractivity contribution is 5.56. The molecule has 0 unspecified atom stereocenters. The number of aliphatic hydroxyl groups excluding tert-OH is 9. The fraction of sp³-hybridized carbons (Fsp3) is 0.917. The van der Waals surface area contributed by atoms with E-state index in [4.69, 9.17) is 46.0 Å². The van der Waals surface area contributed by atoms with Gasteiger partial charge in [-0.1, -0.05) is 0 Å². The summed E-state index contributed by atoms with van der Waals surface area (Å²) in [6, 6.07) is 0. The Morgan fingerprint density at radius 1 is 0.957 bits per heavy atom. The molecule has 0 aromatic rings. The van der Waals surface area contributed by atoms with Crippen LogP contribution in [0.4, 0.5) is 0 Å². The van der Waals surface area contributed by atoms with Gasteiger partial charge in [0.15, 0.2) is 12.6 Å². The highest BCUT2D eigenvalue weighted by Crippen LogP contribution is 2.18. The zero-order valence-electron chi connectivity index (χ0n) is 12.3. The number of carbonyl (C=O) groups is 1. The Kier molecular flexibility index (Phi) is 9.88. The standard InChI is InChI=1S/C6H12O6.C6H12O5/c7-1-2-3(8)4(9)5(10)6(11)12-2;1-3(8)5(10)6(11)4(9)2-7/h2-11H,1H2;2-6,8-11H,1H3/t2-,3-,4+,5-,6+;3-,4-,5-,6-/m10/s1. The largest absolute Gasteiger partial charge is 0.394 e. The maximum absolute atomic E-state index is 9.87. The summed E-state index contributed by atoms with van der Waals surface area (Å²) >= 11 is 0. The second kappa shape index (κ2) is 10.2. The molecule has 0 aromatic carbocycles.